The number of nitrogens with one attached hydrogen (secondary N) is 4. The molecule has 0 aliphatic carbocycles. The van der Waals surface area contributed by atoms with Crippen molar-refractivity contribution in [3.8, 4) is 5.75 Å². The average Bonchev–Trinajstić information content (AvgIpc) is 3.39. The van der Waals surface area contributed by atoms with Crippen LogP contribution in [0.3, 0.4) is 0 Å². The fourth-order valence-electron chi connectivity index (χ4n) is 5.99. The Morgan fingerprint density at radius 1 is 1.09 bits per heavy atom. The van der Waals surface area contributed by atoms with E-state index in [-0.39, 0.29) is 24.1 Å². The number of methoxy groups -OCH3 is 1. The summed E-state index contributed by atoms with van der Waals surface area (Å²) in [5.41, 5.74) is 12.4. The van der Waals surface area contributed by atoms with Gasteiger partial charge in [0.2, 0.25) is 0 Å². The number of piperazine rings is 1. The summed E-state index contributed by atoms with van der Waals surface area (Å²) in [6, 6.07) is 5.31. The number of hydrazine groups is 1. The molecule has 0 radical (unpaired) electrons. The monoisotopic (exact) mass is 613 g/mol. The van der Waals surface area contributed by atoms with E-state index in [4.69, 9.17) is 4.74 Å². The molecule has 1 atom stereocenters. The van der Waals surface area contributed by atoms with Gasteiger partial charge in [0.15, 0.2) is 0 Å². The number of pyridine rings is 2. The Hall–Kier alpha value is -4.23. The number of aromatic amines is 1. The molecular weight excluding hydrogens is 575 g/mol. The van der Waals surface area contributed by atoms with E-state index in [9.17, 15) is 22.8 Å². The molecule has 2 aliphatic rings. The molecule has 3 aromatic heterocycles. The van der Waals surface area contributed by atoms with Gasteiger partial charge in [-0.15, -0.1) is 0 Å². The number of hydrogen-bond donors (Lipinski definition) is 4. The number of aromatic nitrogens is 2. The molecule has 236 valence electrons. The van der Waals surface area contributed by atoms with E-state index in [0.717, 1.165) is 33.7 Å². The number of carbonyl (C=O) groups excluding carboxylic acids is 1. The third kappa shape index (κ3) is 6.48. The van der Waals surface area contributed by atoms with Crippen LogP contribution in [0.2, 0.25) is 0 Å². The molecule has 1 saturated heterocycles. The van der Waals surface area contributed by atoms with Gasteiger partial charge in [-0.3, -0.25) is 19.4 Å². The fourth-order valence-corrected chi connectivity index (χ4v) is 5.99. The van der Waals surface area contributed by atoms with E-state index in [1.165, 1.54) is 12.0 Å². The Kier molecular flexibility index (Phi) is 8.80. The van der Waals surface area contributed by atoms with E-state index in [0.29, 0.717) is 48.7 Å². The van der Waals surface area contributed by atoms with Crippen LogP contribution in [0.4, 0.5) is 13.2 Å². The van der Waals surface area contributed by atoms with Gasteiger partial charge in [0.05, 0.1) is 37.0 Å². The van der Waals surface area contributed by atoms with E-state index < -0.39 is 12.7 Å². The molecule has 1 unspecified atom stereocenters. The minimum absolute atomic E-state index is 0.0388. The summed E-state index contributed by atoms with van der Waals surface area (Å²) >= 11 is 0. The Morgan fingerprint density at radius 3 is 2.45 bits per heavy atom. The number of aryl methyl sites for hydroxylation is 1. The highest BCUT2D eigenvalue weighted by molar-refractivity contribution is 5.98. The summed E-state index contributed by atoms with van der Waals surface area (Å²) in [7, 11) is 1.47. The molecule has 1 amide bonds. The van der Waals surface area contributed by atoms with E-state index in [1.54, 1.807) is 13.0 Å². The van der Waals surface area contributed by atoms with Gasteiger partial charge in [0, 0.05) is 66.6 Å². The fraction of sp³-hybridized carbons (Fsp3) is 0.419. The molecule has 5 rings (SSSR count). The van der Waals surface area contributed by atoms with Crippen molar-refractivity contribution in [2.45, 2.75) is 46.5 Å². The molecule has 0 bridgehead atoms. The predicted molar refractivity (Wildman–Crippen MR) is 162 cm³/mol. The molecule has 2 aliphatic heterocycles. The molecule has 44 heavy (non-hydrogen) atoms. The van der Waals surface area contributed by atoms with Crippen molar-refractivity contribution < 1.29 is 22.7 Å². The Labute approximate surface area is 253 Å². The van der Waals surface area contributed by atoms with Crippen LogP contribution in [-0.2, 0) is 6.54 Å². The summed E-state index contributed by atoms with van der Waals surface area (Å²) in [6.45, 7) is 8.13. The largest absolute Gasteiger partial charge is 0.496 e. The molecule has 13 heteroatoms. The van der Waals surface area contributed by atoms with Gasteiger partial charge in [-0.2, -0.15) is 13.2 Å². The molecule has 10 nitrogen and oxygen atoms in total. The Bertz CT molecular complexity index is 1680. The number of alkyl halides is 3. The highest BCUT2D eigenvalue weighted by atomic mass is 19.4. The van der Waals surface area contributed by atoms with Gasteiger partial charge in [-0.25, -0.2) is 0 Å². The predicted octanol–water partition coefficient (Wildman–Crippen LogP) is 3.78. The van der Waals surface area contributed by atoms with Gasteiger partial charge in [0.25, 0.3) is 11.5 Å². The van der Waals surface area contributed by atoms with E-state index in [1.807, 2.05) is 51.3 Å². The summed E-state index contributed by atoms with van der Waals surface area (Å²) in [4.78, 5) is 32.8. The highest BCUT2D eigenvalue weighted by Crippen LogP contribution is 2.32. The zero-order chi connectivity index (χ0) is 31.8. The van der Waals surface area contributed by atoms with Crippen LogP contribution in [-0.4, -0.2) is 71.1 Å². The van der Waals surface area contributed by atoms with Crippen molar-refractivity contribution in [2.75, 3.05) is 39.8 Å². The normalized spacial score (nSPS) is 17.0. The van der Waals surface area contributed by atoms with Gasteiger partial charge >= 0.3 is 6.18 Å². The molecule has 1 fully saturated rings. The van der Waals surface area contributed by atoms with Crippen LogP contribution in [0.25, 0.3) is 11.2 Å². The second-order valence-corrected chi connectivity index (χ2v) is 11.3. The van der Waals surface area contributed by atoms with Crippen LogP contribution in [0.1, 0.15) is 58.3 Å². The summed E-state index contributed by atoms with van der Waals surface area (Å²) in [5, 5.41) is 2.90. The maximum absolute atomic E-state index is 13.8. The number of hydrogen-bond acceptors (Lipinski definition) is 7. The molecule has 0 spiro atoms. The van der Waals surface area contributed by atoms with Crippen molar-refractivity contribution in [1.82, 2.24) is 35.4 Å². The first-order valence-corrected chi connectivity index (χ1v) is 14.5. The van der Waals surface area contributed by atoms with Crippen LogP contribution in [0.5, 0.6) is 5.75 Å². The number of carbonyl (C=O) groups is 1. The smallest absolute Gasteiger partial charge is 0.401 e. The van der Waals surface area contributed by atoms with Gasteiger partial charge < -0.3 is 30.3 Å². The lowest BCUT2D eigenvalue weighted by Crippen LogP contribution is -2.49. The number of H-pyrrole nitrogens is 1. The summed E-state index contributed by atoms with van der Waals surface area (Å²) in [6.07, 6.45) is 1.63. The van der Waals surface area contributed by atoms with Crippen LogP contribution < -0.4 is 26.5 Å². The SMILES string of the molecule is COc1cc(C)[nH]c(=O)c1CNC(=O)c1cc2c(C3=CC=C(C)NN3)ccn2c(C(C)N2CCN(CC(F)(F)F)CC2)c1C. The van der Waals surface area contributed by atoms with Crippen molar-refractivity contribution in [1.29, 1.82) is 0 Å². The maximum Gasteiger partial charge on any atom is 0.401 e. The number of nitrogens with zero attached hydrogens (tertiary/aromatic N) is 3. The third-order valence-electron chi connectivity index (χ3n) is 8.31. The number of halogens is 3. The Balaban J connectivity index is 1.51. The first-order chi connectivity index (χ1) is 20.9. The van der Waals surface area contributed by atoms with Gasteiger partial charge in [0.1, 0.15) is 5.75 Å². The Morgan fingerprint density at radius 2 is 1.82 bits per heavy atom. The van der Waals surface area contributed by atoms with Crippen molar-refractivity contribution in [2.24, 2.45) is 0 Å². The van der Waals surface area contributed by atoms with Crippen molar-refractivity contribution >= 4 is 17.1 Å². The van der Waals surface area contributed by atoms with Gasteiger partial charge in [-0.1, -0.05) is 0 Å². The first-order valence-electron chi connectivity index (χ1n) is 14.5. The van der Waals surface area contributed by atoms with Crippen LogP contribution >= 0.6 is 0 Å². The summed E-state index contributed by atoms with van der Waals surface area (Å²) in [5.74, 6) is 0.0276. The van der Waals surface area contributed by atoms with Crippen LogP contribution in [0.15, 0.2) is 47.0 Å². The van der Waals surface area contributed by atoms with E-state index >= 15 is 0 Å². The highest BCUT2D eigenvalue weighted by Gasteiger charge is 2.34. The minimum atomic E-state index is -4.24. The zero-order valence-electron chi connectivity index (χ0n) is 25.5. The van der Waals surface area contributed by atoms with Crippen molar-refractivity contribution in [3.63, 3.8) is 0 Å². The number of allylic oxidation sites excluding steroid dienone is 3. The topological polar surface area (TPSA) is 106 Å². The lowest BCUT2D eigenvalue weighted by atomic mass is 9.99. The molecule has 0 aromatic carbocycles. The lowest BCUT2D eigenvalue weighted by Gasteiger charge is -2.39. The minimum Gasteiger partial charge on any atom is -0.496 e. The second kappa shape index (κ2) is 12.4. The standard InChI is InChI=1S/C31H38F3N7O3/c1-18-6-7-25(38-37-18)22-8-9-41-26(22)15-23(29(42)35-16-24-27(44-5)14-19(2)36-30(24)43)20(3)28(41)21(4)40-12-10-39(11-13-40)17-31(32,33)34/h6-9,14-15,21,37-38H,10-13,16-17H2,1-5H3,(H,35,42)(H,36,43). The molecule has 5 heterocycles. The zero-order valence-corrected chi connectivity index (χ0v) is 25.5. The number of amides is 1. The van der Waals surface area contributed by atoms with Crippen molar-refractivity contribution in [3.05, 3.63) is 86.2 Å². The first kappa shape index (κ1) is 31.2. The van der Waals surface area contributed by atoms with Gasteiger partial charge in [-0.05, 0) is 63.6 Å². The number of ether oxygens (including phenoxy) is 1. The molecular formula is C31H38F3N7O3. The maximum atomic E-state index is 13.8. The molecule has 4 N–H and O–H groups in total. The second-order valence-electron chi connectivity index (χ2n) is 11.3. The quantitative estimate of drug-likeness (QED) is 0.307. The average molecular weight is 614 g/mol. The number of fused-ring (bicyclic) bond motifs is 1. The molecule has 0 saturated carbocycles. The van der Waals surface area contributed by atoms with Crippen LogP contribution in [0, 0.1) is 13.8 Å². The molecule has 3 aromatic rings. The third-order valence-corrected chi connectivity index (χ3v) is 8.31. The summed E-state index contributed by atoms with van der Waals surface area (Å²) < 4.78 is 46.4. The number of rotatable bonds is 8. The van der Waals surface area contributed by atoms with E-state index in [2.05, 4.69) is 30.5 Å². The lowest BCUT2D eigenvalue weighted by molar-refractivity contribution is -0.149.